The highest BCUT2D eigenvalue weighted by molar-refractivity contribution is 5.66. The van der Waals surface area contributed by atoms with Crippen LogP contribution in [0.2, 0.25) is 0 Å². The van der Waals surface area contributed by atoms with Crippen molar-refractivity contribution in [1.82, 2.24) is 25.2 Å². The van der Waals surface area contributed by atoms with E-state index in [4.69, 9.17) is 9.84 Å². The Hall–Kier alpha value is -4.07. The van der Waals surface area contributed by atoms with Gasteiger partial charge < -0.3 is 9.84 Å². The summed E-state index contributed by atoms with van der Waals surface area (Å²) in [5, 5.41) is 20.8. The van der Waals surface area contributed by atoms with Gasteiger partial charge in [-0.25, -0.2) is 0 Å². The Morgan fingerprint density at radius 1 is 1.00 bits per heavy atom. The zero-order chi connectivity index (χ0) is 24.1. The smallest absolute Gasteiger partial charge is 0.327 e. The van der Waals surface area contributed by atoms with Gasteiger partial charge in [0, 0.05) is 17.7 Å². The number of pyridine rings is 1. The van der Waals surface area contributed by atoms with Gasteiger partial charge >= 0.3 is 5.97 Å². The van der Waals surface area contributed by atoms with Gasteiger partial charge in [-0.3, -0.25) is 9.78 Å². The van der Waals surface area contributed by atoms with Crippen molar-refractivity contribution in [2.75, 3.05) is 0 Å². The number of aromatic nitrogens is 5. The van der Waals surface area contributed by atoms with Crippen molar-refractivity contribution in [3.05, 3.63) is 89.7 Å². The molecule has 34 heavy (non-hydrogen) atoms. The van der Waals surface area contributed by atoms with Gasteiger partial charge in [0.2, 0.25) is 5.82 Å². The molecule has 2 aromatic heterocycles. The van der Waals surface area contributed by atoms with Crippen molar-refractivity contribution in [3.63, 3.8) is 0 Å². The van der Waals surface area contributed by atoms with Gasteiger partial charge in [-0.1, -0.05) is 63.2 Å². The second-order valence-corrected chi connectivity index (χ2v) is 9.14. The van der Waals surface area contributed by atoms with Crippen LogP contribution in [-0.2, 0) is 17.9 Å². The molecule has 1 atom stereocenters. The number of hydrogen-bond donors (Lipinski definition) is 1. The molecule has 0 aliphatic heterocycles. The second kappa shape index (κ2) is 9.82. The number of tetrazole rings is 1. The van der Waals surface area contributed by atoms with Crippen LogP contribution in [-0.4, -0.2) is 36.3 Å². The zero-order valence-corrected chi connectivity index (χ0v) is 19.4. The van der Waals surface area contributed by atoms with E-state index in [2.05, 4.69) is 65.4 Å². The fourth-order valence-corrected chi connectivity index (χ4v) is 3.96. The van der Waals surface area contributed by atoms with Gasteiger partial charge in [-0.05, 0) is 46.0 Å². The Morgan fingerprint density at radius 3 is 2.26 bits per heavy atom. The lowest BCUT2D eigenvalue weighted by Gasteiger charge is -2.32. The molecule has 0 saturated heterocycles. The lowest BCUT2D eigenvalue weighted by molar-refractivity contribution is -0.138. The Labute approximate surface area is 198 Å². The highest BCUT2D eigenvalue weighted by atomic mass is 16.5. The van der Waals surface area contributed by atoms with E-state index in [0.29, 0.717) is 12.4 Å². The fourth-order valence-electron chi connectivity index (χ4n) is 3.96. The third-order valence-corrected chi connectivity index (χ3v) is 5.42. The highest BCUT2D eigenvalue weighted by Crippen LogP contribution is 2.41. The van der Waals surface area contributed by atoms with E-state index in [1.165, 1.54) is 5.56 Å². The Bertz CT molecular complexity index is 1230. The predicted octanol–water partition coefficient (Wildman–Crippen LogP) is 4.58. The minimum Gasteiger partial charge on any atom is -0.487 e. The van der Waals surface area contributed by atoms with E-state index < -0.39 is 5.97 Å². The minimum atomic E-state index is -1.01. The molecule has 8 nitrogen and oxygen atoms in total. The Kier molecular flexibility index (Phi) is 6.67. The first-order valence-corrected chi connectivity index (χ1v) is 11.0. The van der Waals surface area contributed by atoms with E-state index in [-0.39, 0.29) is 17.9 Å². The number of benzene rings is 2. The summed E-state index contributed by atoms with van der Waals surface area (Å²) in [5.74, 6) is 0.338. The maximum atomic E-state index is 10.8. The lowest BCUT2D eigenvalue weighted by atomic mass is 9.72. The molecule has 0 aliphatic rings. The summed E-state index contributed by atoms with van der Waals surface area (Å²) in [6, 6.07) is 22.0. The molecular weight excluding hydrogens is 430 g/mol. The summed E-state index contributed by atoms with van der Waals surface area (Å²) in [4.78, 5) is 16.2. The van der Waals surface area contributed by atoms with Gasteiger partial charge in [0.05, 0.1) is 5.69 Å². The van der Waals surface area contributed by atoms with Crippen LogP contribution in [0.3, 0.4) is 0 Å². The number of rotatable bonds is 8. The van der Waals surface area contributed by atoms with Crippen molar-refractivity contribution in [2.45, 2.75) is 39.8 Å². The van der Waals surface area contributed by atoms with E-state index in [9.17, 15) is 4.79 Å². The average Bonchev–Trinajstić information content (AvgIpc) is 3.27. The standard InChI is InChI=1S/C26H27N5O3/c1-26(2,3)24(19-11-13-22(14-12-19)34-17-21-6-4-5-15-27-21)18-7-9-20(10-8-18)25-28-30-31(29-25)16-23(32)33/h4-15,24H,16-17H2,1-3H3,(H,32,33). The van der Waals surface area contributed by atoms with Gasteiger partial charge in [-0.2, -0.15) is 4.80 Å². The van der Waals surface area contributed by atoms with Gasteiger partial charge in [0.15, 0.2) is 6.54 Å². The number of carboxylic acids is 1. The molecule has 0 bridgehead atoms. The molecule has 0 aliphatic carbocycles. The number of aliphatic carboxylic acids is 1. The van der Waals surface area contributed by atoms with Gasteiger partial charge in [-0.15, -0.1) is 10.2 Å². The molecule has 0 fully saturated rings. The number of hydrogen-bond acceptors (Lipinski definition) is 6. The summed E-state index contributed by atoms with van der Waals surface area (Å²) < 4.78 is 5.89. The third-order valence-electron chi connectivity index (χ3n) is 5.42. The first-order chi connectivity index (χ1) is 16.3. The summed E-state index contributed by atoms with van der Waals surface area (Å²) in [6.07, 6.45) is 1.76. The molecule has 1 N–H and O–H groups in total. The van der Waals surface area contributed by atoms with Crippen LogP contribution in [0.25, 0.3) is 11.4 Å². The Morgan fingerprint density at radius 2 is 1.68 bits per heavy atom. The van der Waals surface area contributed by atoms with Crippen molar-refractivity contribution in [2.24, 2.45) is 5.41 Å². The predicted molar refractivity (Wildman–Crippen MR) is 127 cm³/mol. The third kappa shape index (κ3) is 5.64. The lowest BCUT2D eigenvalue weighted by Crippen LogP contribution is -2.19. The van der Waals surface area contributed by atoms with Crippen molar-refractivity contribution in [3.8, 4) is 17.1 Å². The monoisotopic (exact) mass is 457 g/mol. The molecule has 0 spiro atoms. The van der Waals surface area contributed by atoms with E-state index in [0.717, 1.165) is 27.4 Å². The Balaban J connectivity index is 1.51. The van der Waals surface area contributed by atoms with Gasteiger partial charge in [0.1, 0.15) is 12.4 Å². The molecule has 0 amide bonds. The molecule has 2 aromatic carbocycles. The maximum absolute atomic E-state index is 10.8. The van der Waals surface area contributed by atoms with E-state index in [1.54, 1.807) is 6.20 Å². The number of carbonyl (C=O) groups is 1. The van der Waals surface area contributed by atoms with Crippen LogP contribution in [0.4, 0.5) is 0 Å². The van der Waals surface area contributed by atoms with Crippen LogP contribution in [0.1, 0.15) is 43.5 Å². The largest absolute Gasteiger partial charge is 0.487 e. The zero-order valence-electron chi connectivity index (χ0n) is 19.4. The molecular formula is C26H27N5O3. The highest BCUT2D eigenvalue weighted by Gasteiger charge is 2.28. The molecule has 0 radical (unpaired) electrons. The molecule has 2 heterocycles. The quantitative estimate of drug-likeness (QED) is 0.413. The first kappa shape index (κ1) is 23.1. The topological polar surface area (TPSA) is 103 Å². The minimum absolute atomic E-state index is 0.0271. The van der Waals surface area contributed by atoms with Crippen LogP contribution >= 0.6 is 0 Å². The summed E-state index contributed by atoms with van der Waals surface area (Å²) in [5.41, 5.74) is 4.00. The van der Waals surface area contributed by atoms with Crippen molar-refractivity contribution in [1.29, 1.82) is 0 Å². The summed E-state index contributed by atoms with van der Waals surface area (Å²) in [7, 11) is 0. The summed E-state index contributed by atoms with van der Waals surface area (Å²) in [6.45, 7) is 6.76. The average molecular weight is 458 g/mol. The fraction of sp³-hybridized carbons (Fsp3) is 0.269. The number of ether oxygens (including phenoxy) is 1. The van der Waals surface area contributed by atoms with Crippen LogP contribution in [0.15, 0.2) is 72.9 Å². The van der Waals surface area contributed by atoms with Crippen molar-refractivity contribution >= 4 is 5.97 Å². The molecule has 1 unspecified atom stereocenters. The van der Waals surface area contributed by atoms with Crippen LogP contribution in [0, 0.1) is 5.41 Å². The molecule has 0 saturated carbocycles. The molecule has 4 aromatic rings. The van der Waals surface area contributed by atoms with Crippen molar-refractivity contribution < 1.29 is 14.6 Å². The van der Waals surface area contributed by atoms with Gasteiger partial charge in [0.25, 0.3) is 0 Å². The van der Waals surface area contributed by atoms with E-state index >= 15 is 0 Å². The van der Waals surface area contributed by atoms with Crippen LogP contribution in [0.5, 0.6) is 5.75 Å². The SMILES string of the molecule is CC(C)(C)C(c1ccc(OCc2ccccn2)cc1)c1ccc(-c2nnn(CC(=O)O)n2)cc1. The summed E-state index contributed by atoms with van der Waals surface area (Å²) >= 11 is 0. The van der Waals surface area contributed by atoms with E-state index in [1.807, 2.05) is 42.5 Å². The van der Waals surface area contributed by atoms with Crippen LogP contribution < -0.4 is 4.74 Å². The molecule has 174 valence electrons. The second-order valence-electron chi connectivity index (χ2n) is 9.14. The molecule has 8 heteroatoms. The maximum Gasteiger partial charge on any atom is 0.327 e. The molecule has 4 rings (SSSR count). The normalized spacial score (nSPS) is 12.3. The number of carboxylic acid groups (broad SMARTS) is 1. The first-order valence-electron chi connectivity index (χ1n) is 11.0. The number of nitrogens with zero attached hydrogens (tertiary/aromatic N) is 5.